The van der Waals surface area contributed by atoms with Crippen LogP contribution >= 0.6 is 0 Å². The lowest BCUT2D eigenvalue weighted by atomic mass is 9.99. The Kier molecular flexibility index (Phi) is 7.51. The van der Waals surface area contributed by atoms with E-state index in [0.29, 0.717) is 32.7 Å². The van der Waals surface area contributed by atoms with Crippen molar-refractivity contribution in [1.82, 2.24) is 24.7 Å². The fourth-order valence-corrected chi connectivity index (χ4v) is 5.04. The Morgan fingerprint density at radius 3 is 2.46 bits per heavy atom. The van der Waals surface area contributed by atoms with Gasteiger partial charge in [0.05, 0.1) is 7.11 Å². The summed E-state index contributed by atoms with van der Waals surface area (Å²) in [5.74, 6) is 0.848. The molecule has 1 saturated heterocycles. The third-order valence-electron chi connectivity index (χ3n) is 7.11. The fraction of sp³-hybridized carbons (Fsp3) is 0.300. The Balaban J connectivity index is 1.43. The molecule has 1 fully saturated rings. The SMILES string of the molecule is COc1ccccc1-c1c[nH]c2ncc(-c3ccc(NC(=O)N4CCN(C(C)=O)CC4)c(CN(C)C)c3)cc12. The van der Waals surface area contributed by atoms with Gasteiger partial charge in [0.1, 0.15) is 11.4 Å². The van der Waals surface area contributed by atoms with Gasteiger partial charge in [-0.05, 0) is 49.5 Å². The summed E-state index contributed by atoms with van der Waals surface area (Å²) in [6.07, 6.45) is 3.83. The quantitative estimate of drug-likeness (QED) is 0.381. The van der Waals surface area contributed by atoms with Gasteiger partial charge >= 0.3 is 6.03 Å². The molecule has 0 unspecified atom stereocenters. The number of nitrogens with one attached hydrogen (secondary N) is 2. The molecule has 0 aliphatic carbocycles. The Morgan fingerprint density at radius 1 is 1.00 bits per heavy atom. The highest BCUT2D eigenvalue weighted by atomic mass is 16.5. The van der Waals surface area contributed by atoms with E-state index in [-0.39, 0.29) is 11.9 Å². The van der Waals surface area contributed by atoms with E-state index in [1.165, 1.54) is 0 Å². The summed E-state index contributed by atoms with van der Waals surface area (Å²) in [5, 5.41) is 4.11. The van der Waals surface area contributed by atoms with Crippen molar-refractivity contribution >= 4 is 28.7 Å². The van der Waals surface area contributed by atoms with Gasteiger partial charge in [-0.3, -0.25) is 4.79 Å². The van der Waals surface area contributed by atoms with Crippen molar-refractivity contribution in [3.8, 4) is 28.0 Å². The Morgan fingerprint density at radius 2 is 1.74 bits per heavy atom. The second-order valence-corrected chi connectivity index (χ2v) is 10.1. The Bertz CT molecular complexity index is 1500. The molecule has 2 N–H and O–H groups in total. The number of urea groups is 1. The number of carbonyl (C=O) groups is 2. The number of hydrogen-bond donors (Lipinski definition) is 2. The molecule has 0 saturated carbocycles. The number of nitrogens with zero attached hydrogens (tertiary/aromatic N) is 4. The normalized spacial score (nSPS) is 13.7. The van der Waals surface area contributed by atoms with Crippen molar-refractivity contribution in [2.75, 3.05) is 52.7 Å². The lowest BCUT2D eigenvalue weighted by Crippen LogP contribution is -2.51. The molecule has 2 aromatic carbocycles. The summed E-state index contributed by atoms with van der Waals surface area (Å²) in [6, 6.07) is 16.0. The number of para-hydroxylation sites is 1. The minimum Gasteiger partial charge on any atom is -0.496 e. The number of pyridine rings is 1. The first-order valence-electron chi connectivity index (χ1n) is 13.0. The number of benzene rings is 2. The molecule has 0 atom stereocenters. The number of amides is 3. The summed E-state index contributed by atoms with van der Waals surface area (Å²) in [7, 11) is 5.69. The molecule has 0 radical (unpaired) electrons. The molecule has 2 aromatic heterocycles. The maximum Gasteiger partial charge on any atom is 0.321 e. The molecule has 202 valence electrons. The van der Waals surface area contributed by atoms with Crippen LogP contribution in [-0.2, 0) is 11.3 Å². The third kappa shape index (κ3) is 5.58. The zero-order valence-corrected chi connectivity index (χ0v) is 22.8. The van der Waals surface area contributed by atoms with E-state index in [0.717, 1.165) is 50.3 Å². The Hall–Kier alpha value is -4.37. The van der Waals surface area contributed by atoms with Crippen LogP contribution in [0.25, 0.3) is 33.3 Å². The number of ether oxygens (including phenoxy) is 1. The van der Waals surface area contributed by atoms with E-state index >= 15 is 0 Å². The lowest BCUT2D eigenvalue weighted by Gasteiger charge is -2.34. The van der Waals surface area contributed by atoms with Crippen molar-refractivity contribution in [2.45, 2.75) is 13.5 Å². The van der Waals surface area contributed by atoms with Gasteiger partial charge in [-0.2, -0.15) is 0 Å². The van der Waals surface area contributed by atoms with Gasteiger partial charge in [0.2, 0.25) is 5.91 Å². The first-order valence-corrected chi connectivity index (χ1v) is 13.0. The number of anilines is 1. The van der Waals surface area contributed by atoms with Crippen LogP contribution in [0.3, 0.4) is 0 Å². The van der Waals surface area contributed by atoms with Crippen LogP contribution in [0.5, 0.6) is 5.75 Å². The standard InChI is InChI=1S/C30H34N6O3/c1-20(37)35-11-13-36(14-12-35)30(38)33-27-10-9-21(15-23(27)19-34(2)3)22-16-25-26(18-32-29(25)31-17-22)24-7-5-6-8-28(24)39-4/h5-10,15-18H,11-14,19H2,1-4H3,(H,31,32)(H,33,38). The summed E-state index contributed by atoms with van der Waals surface area (Å²) >= 11 is 0. The number of piperazine rings is 1. The number of rotatable bonds is 6. The minimum absolute atomic E-state index is 0.0428. The van der Waals surface area contributed by atoms with E-state index in [1.54, 1.807) is 23.8 Å². The van der Waals surface area contributed by atoms with Crippen molar-refractivity contribution in [2.24, 2.45) is 0 Å². The van der Waals surface area contributed by atoms with Crippen LogP contribution in [0.4, 0.5) is 10.5 Å². The van der Waals surface area contributed by atoms with E-state index in [2.05, 4.69) is 32.3 Å². The van der Waals surface area contributed by atoms with Crippen LogP contribution in [0.1, 0.15) is 12.5 Å². The number of methoxy groups -OCH3 is 1. The zero-order valence-electron chi connectivity index (χ0n) is 22.8. The van der Waals surface area contributed by atoms with Gasteiger partial charge in [-0.15, -0.1) is 0 Å². The molecule has 5 rings (SSSR count). The van der Waals surface area contributed by atoms with E-state index in [9.17, 15) is 9.59 Å². The first kappa shape index (κ1) is 26.2. The summed E-state index contributed by atoms with van der Waals surface area (Å²) < 4.78 is 5.60. The highest BCUT2D eigenvalue weighted by Crippen LogP contribution is 2.36. The molecular formula is C30H34N6O3. The molecule has 1 aliphatic heterocycles. The van der Waals surface area contributed by atoms with E-state index in [1.807, 2.05) is 62.9 Å². The maximum absolute atomic E-state index is 13.1. The maximum atomic E-state index is 13.1. The number of aromatic amines is 1. The molecule has 0 spiro atoms. The molecule has 9 heteroatoms. The van der Waals surface area contributed by atoms with Crippen LogP contribution in [0.2, 0.25) is 0 Å². The van der Waals surface area contributed by atoms with Gasteiger partial charge in [0.25, 0.3) is 0 Å². The molecular weight excluding hydrogens is 492 g/mol. The third-order valence-corrected chi connectivity index (χ3v) is 7.11. The predicted octanol–water partition coefficient (Wildman–Crippen LogP) is 4.66. The van der Waals surface area contributed by atoms with Gasteiger partial charge in [-0.1, -0.05) is 24.3 Å². The average Bonchev–Trinajstić information content (AvgIpc) is 3.36. The minimum atomic E-state index is -0.150. The van der Waals surface area contributed by atoms with Gasteiger partial charge in [-0.25, -0.2) is 9.78 Å². The molecule has 9 nitrogen and oxygen atoms in total. The highest BCUT2D eigenvalue weighted by Gasteiger charge is 2.23. The fourth-order valence-electron chi connectivity index (χ4n) is 5.04. The van der Waals surface area contributed by atoms with Gasteiger partial charge < -0.3 is 29.7 Å². The van der Waals surface area contributed by atoms with Crippen LogP contribution in [0.15, 0.2) is 60.9 Å². The second kappa shape index (κ2) is 11.2. The molecule has 0 bridgehead atoms. The molecule has 3 amide bonds. The predicted molar refractivity (Wildman–Crippen MR) is 154 cm³/mol. The Labute approximate surface area is 228 Å². The molecule has 4 aromatic rings. The summed E-state index contributed by atoms with van der Waals surface area (Å²) in [6.45, 7) is 4.36. The first-order chi connectivity index (χ1) is 18.8. The van der Waals surface area contributed by atoms with Crippen molar-refractivity contribution < 1.29 is 14.3 Å². The molecule has 39 heavy (non-hydrogen) atoms. The van der Waals surface area contributed by atoms with Gasteiger partial charge in [0.15, 0.2) is 0 Å². The smallest absolute Gasteiger partial charge is 0.321 e. The number of carbonyl (C=O) groups excluding carboxylic acids is 2. The highest BCUT2D eigenvalue weighted by molar-refractivity contribution is 5.97. The number of aromatic nitrogens is 2. The monoisotopic (exact) mass is 526 g/mol. The molecule has 1 aliphatic rings. The largest absolute Gasteiger partial charge is 0.496 e. The van der Waals surface area contributed by atoms with Crippen LogP contribution in [0, 0.1) is 0 Å². The number of H-pyrrole nitrogens is 1. The summed E-state index contributed by atoms with van der Waals surface area (Å²) in [5.41, 5.74) is 6.61. The molecule has 3 heterocycles. The van der Waals surface area contributed by atoms with Crippen molar-refractivity contribution in [3.63, 3.8) is 0 Å². The van der Waals surface area contributed by atoms with Crippen molar-refractivity contribution in [3.05, 3.63) is 66.5 Å². The van der Waals surface area contributed by atoms with E-state index in [4.69, 9.17) is 4.74 Å². The number of hydrogen-bond acceptors (Lipinski definition) is 5. The van der Waals surface area contributed by atoms with Crippen LogP contribution in [-0.4, -0.2) is 84.0 Å². The second-order valence-electron chi connectivity index (χ2n) is 10.1. The zero-order chi connectivity index (χ0) is 27.5. The average molecular weight is 527 g/mol. The topological polar surface area (TPSA) is 93.8 Å². The summed E-state index contributed by atoms with van der Waals surface area (Å²) in [4.78, 5) is 38.3. The van der Waals surface area contributed by atoms with Crippen LogP contribution < -0.4 is 10.1 Å². The lowest BCUT2D eigenvalue weighted by molar-refractivity contribution is -0.130. The van der Waals surface area contributed by atoms with Crippen molar-refractivity contribution in [1.29, 1.82) is 0 Å². The van der Waals surface area contributed by atoms with Gasteiger partial charge in [0, 0.05) is 79.8 Å². The number of fused-ring (bicyclic) bond motifs is 1. The van der Waals surface area contributed by atoms with E-state index < -0.39 is 0 Å².